The molecule has 0 radical (unpaired) electrons. The van der Waals surface area contributed by atoms with Crippen molar-refractivity contribution in [1.82, 2.24) is 4.90 Å². The first-order chi connectivity index (χ1) is 13.5. The molecular weight excluding hydrogens is 354 g/mol. The van der Waals surface area contributed by atoms with E-state index in [9.17, 15) is 14.7 Å². The standard InChI is InChI=1S/C23H23NO4/c1-4-13-24-20(16-9-7-6-8-10-16)19(22(26)23(24)27)21(25)17-11-12-18(28-5-2)15(3)14-17/h4,6-12,14,20,25H,1,5,13H2,2-3H3/b21-19-. The summed E-state index contributed by atoms with van der Waals surface area (Å²) in [5.41, 5.74) is 2.15. The normalized spacial score (nSPS) is 18.4. The largest absolute Gasteiger partial charge is 0.507 e. The number of likely N-dealkylation sites (tertiary alicyclic amines) is 1. The minimum absolute atomic E-state index is 0.0848. The van der Waals surface area contributed by atoms with Crippen molar-refractivity contribution >= 4 is 17.4 Å². The summed E-state index contributed by atoms with van der Waals surface area (Å²) in [5, 5.41) is 11.0. The molecule has 5 nitrogen and oxygen atoms in total. The third-order valence-corrected chi connectivity index (χ3v) is 4.73. The molecule has 1 aliphatic heterocycles. The molecule has 1 aliphatic rings. The number of ether oxygens (including phenoxy) is 1. The molecule has 0 bridgehead atoms. The first kappa shape index (κ1) is 19.4. The van der Waals surface area contributed by atoms with Crippen LogP contribution in [0, 0.1) is 6.92 Å². The Kier molecular flexibility index (Phi) is 5.64. The number of carbonyl (C=O) groups excluding carboxylic acids is 2. The van der Waals surface area contributed by atoms with Crippen molar-refractivity contribution in [3.63, 3.8) is 0 Å². The Morgan fingerprint density at radius 1 is 1.21 bits per heavy atom. The average Bonchev–Trinajstić information content (AvgIpc) is 2.95. The number of Topliss-reactive ketones (excluding diaryl/α,β-unsaturated/α-hetero) is 1. The van der Waals surface area contributed by atoms with Crippen LogP contribution in [0.4, 0.5) is 0 Å². The Bertz CT molecular complexity index is 946. The number of benzene rings is 2. The topological polar surface area (TPSA) is 66.8 Å². The fourth-order valence-corrected chi connectivity index (χ4v) is 3.46. The molecule has 2 aromatic rings. The van der Waals surface area contributed by atoms with E-state index in [4.69, 9.17) is 4.74 Å². The molecule has 1 heterocycles. The van der Waals surface area contributed by atoms with Gasteiger partial charge in [-0.15, -0.1) is 6.58 Å². The van der Waals surface area contributed by atoms with Gasteiger partial charge in [-0.05, 0) is 43.2 Å². The van der Waals surface area contributed by atoms with Crippen LogP contribution < -0.4 is 4.74 Å². The van der Waals surface area contributed by atoms with E-state index in [2.05, 4.69) is 6.58 Å². The number of nitrogens with zero attached hydrogens (tertiary/aromatic N) is 1. The minimum atomic E-state index is -0.695. The number of hydrogen-bond donors (Lipinski definition) is 1. The Labute approximate surface area is 164 Å². The molecule has 0 aromatic heterocycles. The van der Waals surface area contributed by atoms with Gasteiger partial charge in [0.2, 0.25) is 0 Å². The number of ketones is 1. The Balaban J connectivity index is 2.15. The third kappa shape index (κ3) is 3.43. The zero-order valence-corrected chi connectivity index (χ0v) is 16.0. The third-order valence-electron chi connectivity index (χ3n) is 4.73. The molecule has 0 aliphatic carbocycles. The lowest BCUT2D eigenvalue weighted by Crippen LogP contribution is -2.29. The van der Waals surface area contributed by atoms with Crippen molar-refractivity contribution < 1.29 is 19.4 Å². The second-order valence-electron chi connectivity index (χ2n) is 6.56. The van der Waals surface area contributed by atoms with Gasteiger partial charge in [0.15, 0.2) is 0 Å². The van der Waals surface area contributed by atoms with Crippen LogP contribution in [0.15, 0.2) is 66.8 Å². The smallest absolute Gasteiger partial charge is 0.295 e. The van der Waals surface area contributed by atoms with E-state index in [1.54, 1.807) is 24.3 Å². The molecule has 1 amide bonds. The zero-order valence-electron chi connectivity index (χ0n) is 16.0. The van der Waals surface area contributed by atoms with Crippen LogP contribution in [0.1, 0.15) is 29.7 Å². The number of amides is 1. The molecule has 1 saturated heterocycles. The first-order valence-electron chi connectivity index (χ1n) is 9.17. The second kappa shape index (κ2) is 8.13. The van der Waals surface area contributed by atoms with Gasteiger partial charge in [-0.1, -0.05) is 36.4 Å². The first-order valence-corrected chi connectivity index (χ1v) is 9.17. The maximum absolute atomic E-state index is 12.8. The number of aryl methyl sites for hydroxylation is 1. The monoisotopic (exact) mass is 377 g/mol. The Hall–Kier alpha value is -3.34. The summed E-state index contributed by atoms with van der Waals surface area (Å²) < 4.78 is 5.54. The van der Waals surface area contributed by atoms with Crippen LogP contribution in [0.5, 0.6) is 5.75 Å². The Morgan fingerprint density at radius 3 is 2.54 bits per heavy atom. The number of aliphatic hydroxyl groups is 1. The number of aliphatic hydroxyl groups excluding tert-OH is 1. The van der Waals surface area contributed by atoms with Gasteiger partial charge in [-0.2, -0.15) is 0 Å². The maximum atomic E-state index is 12.8. The lowest BCUT2D eigenvalue weighted by atomic mass is 9.95. The Morgan fingerprint density at radius 2 is 1.93 bits per heavy atom. The quantitative estimate of drug-likeness (QED) is 0.358. The summed E-state index contributed by atoms with van der Waals surface area (Å²) in [7, 11) is 0. The molecule has 1 N–H and O–H groups in total. The number of carbonyl (C=O) groups is 2. The summed E-state index contributed by atoms with van der Waals surface area (Å²) in [5.74, 6) is -0.812. The highest BCUT2D eigenvalue weighted by Gasteiger charge is 2.45. The van der Waals surface area contributed by atoms with Gasteiger partial charge in [0.1, 0.15) is 11.5 Å². The average molecular weight is 377 g/mol. The van der Waals surface area contributed by atoms with E-state index in [0.29, 0.717) is 17.9 Å². The highest BCUT2D eigenvalue weighted by Crippen LogP contribution is 2.39. The van der Waals surface area contributed by atoms with Crippen LogP contribution in [0.25, 0.3) is 5.76 Å². The predicted octanol–water partition coefficient (Wildman–Crippen LogP) is 4.00. The van der Waals surface area contributed by atoms with E-state index in [1.165, 1.54) is 4.90 Å². The minimum Gasteiger partial charge on any atom is -0.507 e. The van der Waals surface area contributed by atoms with Crippen molar-refractivity contribution in [3.05, 3.63) is 83.4 Å². The fraction of sp³-hybridized carbons (Fsp3) is 0.217. The van der Waals surface area contributed by atoms with Crippen molar-refractivity contribution in [3.8, 4) is 5.75 Å². The van der Waals surface area contributed by atoms with E-state index >= 15 is 0 Å². The maximum Gasteiger partial charge on any atom is 0.295 e. The van der Waals surface area contributed by atoms with E-state index < -0.39 is 17.7 Å². The second-order valence-corrected chi connectivity index (χ2v) is 6.56. The number of hydrogen-bond acceptors (Lipinski definition) is 4. The molecule has 3 rings (SSSR count). The van der Waals surface area contributed by atoms with Crippen LogP contribution in [-0.2, 0) is 9.59 Å². The van der Waals surface area contributed by atoms with Crippen molar-refractivity contribution in [2.75, 3.05) is 13.2 Å². The fourth-order valence-electron chi connectivity index (χ4n) is 3.46. The highest BCUT2D eigenvalue weighted by atomic mass is 16.5. The highest BCUT2D eigenvalue weighted by molar-refractivity contribution is 6.46. The van der Waals surface area contributed by atoms with Gasteiger partial charge >= 0.3 is 0 Å². The molecule has 0 saturated carbocycles. The molecular formula is C23H23NO4. The van der Waals surface area contributed by atoms with Gasteiger partial charge in [0.05, 0.1) is 18.2 Å². The van der Waals surface area contributed by atoms with Crippen LogP contribution in [-0.4, -0.2) is 34.8 Å². The van der Waals surface area contributed by atoms with Gasteiger partial charge < -0.3 is 14.7 Å². The molecule has 144 valence electrons. The number of rotatable bonds is 6. The lowest BCUT2D eigenvalue weighted by molar-refractivity contribution is -0.139. The van der Waals surface area contributed by atoms with E-state index in [1.807, 2.05) is 44.2 Å². The van der Waals surface area contributed by atoms with Crippen LogP contribution >= 0.6 is 0 Å². The van der Waals surface area contributed by atoms with Crippen molar-refractivity contribution in [2.45, 2.75) is 19.9 Å². The summed E-state index contributed by atoms with van der Waals surface area (Å²) in [6.07, 6.45) is 1.57. The summed E-state index contributed by atoms with van der Waals surface area (Å²) in [6, 6.07) is 13.7. The summed E-state index contributed by atoms with van der Waals surface area (Å²) in [4.78, 5) is 26.8. The van der Waals surface area contributed by atoms with Gasteiger partial charge in [-0.25, -0.2) is 0 Å². The molecule has 2 aromatic carbocycles. The molecule has 1 fully saturated rings. The van der Waals surface area contributed by atoms with E-state index in [-0.39, 0.29) is 17.9 Å². The molecule has 0 spiro atoms. The van der Waals surface area contributed by atoms with Crippen molar-refractivity contribution in [2.24, 2.45) is 0 Å². The SMILES string of the molecule is C=CCN1C(=O)C(=O)/C(=C(\O)c2ccc(OCC)c(C)c2)C1c1ccccc1. The van der Waals surface area contributed by atoms with E-state index in [0.717, 1.165) is 11.1 Å². The molecule has 5 heteroatoms. The van der Waals surface area contributed by atoms with Crippen LogP contribution in [0.2, 0.25) is 0 Å². The lowest BCUT2D eigenvalue weighted by Gasteiger charge is -2.24. The zero-order chi connectivity index (χ0) is 20.3. The molecule has 1 unspecified atom stereocenters. The summed E-state index contributed by atoms with van der Waals surface area (Å²) >= 11 is 0. The van der Waals surface area contributed by atoms with Gasteiger partial charge in [0.25, 0.3) is 11.7 Å². The van der Waals surface area contributed by atoms with Crippen LogP contribution in [0.3, 0.4) is 0 Å². The molecule has 28 heavy (non-hydrogen) atoms. The molecule has 1 atom stereocenters. The van der Waals surface area contributed by atoms with Crippen molar-refractivity contribution in [1.29, 1.82) is 0 Å². The predicted molar refractivity (Wildman–Crippen MR) is 108 cm³/mol. The van der Waals surface area contributed by atoms with Gasteiger partial charge in [-0.3, -0.25) is 9.59 Å². The van der Waals surface area contributed by atoms with Gasteiger partial charge in [0, 0.05) is 12.1 Å². The summed E-state index contributed by atoms with van der Waals surface area (Å²) in [6.45, 7) is 8.19.